The third-order valence-electron chi connectivity index (χ3n) is 4.15. The first-order valence-corrected chi connectivity index (χ1v) is 7.24. The molecule has 20 heavy (non-hydrogen) atoms. The first-order chi connectivity index (χ1) is 9.60. The highest BCUT2D eigenvalue weighted by molar-refractivity contribution is 5.96. The van der Waals surface area contributed by atoms with Crippen molar-refractivity contribution in [1.29, 1.82) is 0 Å². The lowest BCUT2D eigenvalue weighted by molar-refractivity contribution is 0.0696. The first-order valence-electron chi connectivity index (χ1n) is 7.24. The maximum absolute atomic E-state index is 12.1. The number of amides is 1. The third-order valence-corrected chi connectivity index (χ3v) is 4.15. The zero-order chi connectivity index (χ0) is 14.5. The van der Waals surface area contributed by atoms with Gasteiger partial charge in [-0.15, -0.1) is 0 Å². The highest BCUT2D eigenvalue weighted by Crippen LogP contribution is 2.26. The molecule has 0 atom stereocenters. The zero-order valence-electron chi connectivity index (χ0n) is 11.8. The van der Waals surface area contributed by atoms with Crippen LogP contribution in [0.4, 0.5) is 0 Å². The molecule has 1 aliphatic rings. The number of carboxylic acid groups (broad SMARTS) is 1. The second-order valence-corrected chi connectivity index (χ2v) is 5.48. The average Bonchev–Trinajstić information content (AvgIpc) is 2.48. The van der Waals surface area contributed by atoms with Gasteiger partial charge in [-0.3, -0.25) is 4.79 Å². The predicted molar refractivity (Wildman–Crippen MR) is 76.9 cm³/mol. The quantitative estimate of drug-likeness (QED) is 0.887. The molecule has 0 saturated heterocycles. The Balaban J connectivity index is 1.90. The summed E-state index contributed by atoms with van der Waals surface area (Å²) in [4.78, 5) is 22.8. The van der Waals surface area contributed by atoms with E-state index >= 15 is 0 Å². The highest BCUT2D eigenvalue weighted by Gasteiger charge is 2.21. The Morgan fingerprint density at radius 2 is 1.65 bits per heavy atom. The fourth-order valence-electron chi connectivity index (χ4n) is 2.75. The van der Waals surface area contributed by atoms with Gasteiger partial charge in [-0.1, -0.05) is 13.3 Å². The standard InChI is InChI=1S/C16H21NO3/c1-2-11-3-9-14(10-4-11)17-15(18)12-5-7-13(8-6-12)16(19)20/h5-8,11,14H,2-4,9-10H2,1H3,(H,17,18)(H,19,20). The van der Waals surface area contributed by atoms with Crippen molar-refractivity contribution in [2.24, 2.45) is 5.92 Å². The van der Waals surface area contributed by atoms with Gasteiger partial charge in [0.2, 0.25) is 0 Å². The molecule has 1 aromatic rings. The van der Waals surface area contributed by atoms with E-state index in [2.05, 4.69) is 12.2 Å². The van der Waals surface area contributed by atoms with Gasteiger partial charge in [-0.05, 0) is 55.9 Å². The van der Waals surface area contributed by atoms with Crippen molar-refractivity contribution in [1.82, 2.24) is 5.32 Å². The number of carbonyl (C=O) groups excluding carboxylic acids is 1. The van der Waals surface area contributed by atoms with Crippen LogP contribution in [0.3, 0.4) is 0 Å². The lowest BCUT2D eigenvalue weighted by Crippen LogP contribution is -2.37. The Hall–Kier alpha value is -1.84. The molecule has 108 valence electrons. The maximum Gasteiger partial charge on any atom is 0.335 e. The molecule has 0 aliphatic heterocycles. The van der Waals surface area contributed by atoms with Gasteiger partial charge in [0.1, 0.15) is 0 Å². The van der Waals surface area contributed by atoms with Crippen LogP contribution >= 0.6 is 0 Å². The number of hydrogen-bond acceptors (Lipinski definition) is 2. The lowest BCUT2D eigenvalue weighted by atomic mass is 9.84. The molecule has 0 heterocycles. The number of rotatable bonds is 4. The Morgan fingerprint density at radius 3 is 2.15 bits per heavy atom. The molecule has 0 spiro atoms. The second-order valence-electron chi connectivity index (χ2n) is 5.48. The fraction of sp³-hybridized carbons (Fsp3) is 0.500. The monoisotopic (exact) mass is 275 g/mol. The van der Waals surface area contributed by atoms with Crippen LogP contribution in [0.25, 0.3) is 0 Å². The van der Waals surface area contributed by atoms with Gasteiger partial charge in [0.25, 0.3) is 5.91 Å². The van der Waals surface area contributed by atoms with Crippen LogP contribution in [0.2, 0.25) is 0 Å². The molecule has 1 fully saturated rings. The van der Waals surface area contributed by atoms with E-state index in [1.54, 1.807) is 12.1 Å². The minimum absolute atomic E-state index is 0.109. The maximum atomic E-state index is 12.1. The van der Waals surface area contributed by atoms with Crippen molar-refractivity contribution in [3.8, 4) is 0 Å². The zero-order valence-corrected chi connectivity index (χ0v) is 11.8. The Kier molecular flexibility index (Phi) is 4.77. The molecule has 1 amide bonds. The summed E-state index contributed by atoms with van der Waals surface area (Å²) in [6.07, 6.45) is 5.66. The van der Waals surface area contributed by atoms with E-state index in [1.807, 2.05) is 0 Å². The Labute approximate surface area is 119 Å². The molecule has 0 unspecified atom stereocenters. The SMILES string of the molecule is CCC1CCC(NC(=O)c2ccc(C(=O)O)cc2)CC1. The molecule has 2 rings (SSSR count). The summed E-state index contributed by atoms with van der Waals surface area (Å²) in [6.45, 7) is 2.22. The third kappa shape index (κ3) is 3.59. The van der Waals surface area contributed by atoms with Crippen molar-refractivity contribution in [3.05, 3.63) is 35.4 Å². The number of carboxylic acids is 1. The normalized spacial score (nSPS) is 22.2. The molecule has 0 aromatic heterocycles. The fourth-order valence-corrected chi connectivity index (χ4v) is 2.75. The number of nitrogens with one attached hydrogen (secondary N) is 1. The summed E-state index contributed by atoms with van der Waals surface area (Å²) >= 11 is 0. The van der Waals surface area contributed by atoms with E-state index < -0.39 is 5.97 Å². The topological polar surface area (TPSA) is 66.4 Å². The average molecular weight is 275 g/mol. The van der Waals surface area contributed by atoms with Crippen LogP contribution in [-0.4, -0.2) is 23.0 Å². The largest absolute Gasteiger partial charge is 0.478 e. The number of benzene rings is 1. The van der Waals surface area contributed by atoms with Crippen LogP contribution in [-0.2, 0) is 0 Å². The molecular formula is C16H21NO3. The first kappa shape index (κ1) is 14.6. The molecular weight excluding hydrogens is 254 g/mol. The van der Waals surface area contributed by atoms with Crippen molar-refractivity contribution < 1.29 is 14.7 Å². The Morgan fingerprint density at radius 1 is 1.10 bits per heavy atom. The number of hydrogen-bond donors (Lipinski definition) is 2. The van der Waals surface area contributed by atoms with E-state index in [0.29, 0.717) is 5.56 Å². The van der Waals surface area contributed by atoms with E-state index in [-0.39, 0.29) is 17.5 Å². The summed E-state index contributed by atoms with van der Waals surface area (Å²) < 4.78 is 0. The van der Waals surface area contributed by atoms with Crippen molar-refractivity contribution in [2.45, 2.75) is 45.1 Å². The lowest BCUT2D eigenvalue weighted by Gasteiger charge is -2.28. The van der Waals surface area contributed by atoms with E-state index in [4.69, 9.17) is 5.11 Å². The van der Waals surface area contributed by atoms with Crippen LogP contribution in [0.15, 0.2) is 24.3 Å². The van der Waals surface area contributed by atoms with Crippen molar-refractivity contribution >= 4 is 11.9 Å². The summed E-state index contributed by atoms with van der Waals surface area (Å²) in [7, 11) is 0. The molecule has 1 aromatic carbocycles. The molecule has 4 heteroatoms. The van der Waals surface area contributed by atoms with Gasteiger partial charge >= 0.3 is 5.97 Å². The number of carbonyl (C=O) groups is 2. The van der Waals surface area contributed by atoms with Crippen LogP contribution < -0.4 is 5.32 Å². The molecule has 0 bridgehead atoms. The molecule has 1 aliphatic carbocycles. The molecule has 0 radical (unpaired) electrons. The van der Waals surface area contributed by atoms with Gasteiger partial charge in [0.15, 0.2) is 0 Å². The van der Waals surface area contributed by atoms with Crippen LogP contribution in [0.5, 0.6) is 0 Å². The van der Waals surface area contributed by atoms with Crippen LogP contribution in [0.1, 0.15) is 59.7 Å². The smallest absolute Gasteiger partial charge is 0.335 e. The van der Waals surface area contributed by atoms with Gasteiger partial charge in [-0.25, -0.2) is 4.79 Å². The Bertz CT molecular complexity index is 473. The summed E-state index contributed by atoms with van der Waals surface area (Å²) in [5, 5.41) is 11.9. The summed E-state index contributed by atoms with van der Waals surface area (Å²) in [5.41, 5.74) is 0.720. The van der Waals surface area contributed by atoms with Crippen molar-refractivity contribution in [2.75, 3.05) is 0 Å². The van der Waals surface area contributed by atoms with E-state index in [9.17, 15) is 9.59 Å². The molecule has 4 nitrogen and oxygen atoms in total. The predicted octanol–water partition coefficient (Wildman–Crippen LogP) is 3.08. The molecule has 2 N–H and O–H groups in total. The highest BCUT2D eigenvalue weighted by atomic mass is 16.4. The van der Waals surface area contributed by atoms with Gasteiger partial charge < -0.3 is 10.4 Å². The van der Waals surface area contributed by atoms with Gasteiger partial charge in [-0.2, -0.15) is 0 Å². The minimum atomic E-state index is -0.977. The van der Waals surface area contributed by atoms with E-state index in [1.165, 1.54) is 31.4 Å². The second kappa shape index (κ2) is 6.55. The summed E-state index contributed by atoms with van der Waals surface area (Å²) in [6, 6.07) is 6.31. The minimum Gasteiger partial charge on any atom is -0.478 e. The van der Waals surface area contributed by atoms with Gasteiger partial charge in [0.05, 0.1) is 5.56 Å². The summed E-state index contributed by atoms with van der Waals surface area (Å²) in [5.74, 6) is -0.283. The van der Waals surface area contributed by atoms with Crippen LogP contribution in [0, 0.1) is 5.92 Å². The molecule has 1 saturated carbocycles. The van der Waals surface area contributed by atoms with Gasteiger partial charge in [0, 0.05) is 11.6 Å². The van der Waals surface area contributed by atoms with Crippen molar-refractivity contribution in [3.63, 3.8) is 0 Å². The number of aromatic carboxylic acids is 1. The van der Waals surface area contributed by atoms with E-state index in [0.717, 1.165) is 18.8 Å².